The standard InChI is InChI=1S/C24H29N8O8P/c1-12(21(34)35)31-41(37,40-14-6-7-15-13(9-14)5-4-8-27-15)38-10-16-18(33)24(2,36)22(39-16)32-11-28-17-19(26-3)29-23(25)30-20(17)32/h4-9,11-12,16,18,22,33,36H,10H2,1-3H3,(H,31,37)(H,34,35)(H3,25,26,29,30)/t12?,16-,18-,22-,24-,41?/m1/s1. The number of aliphatic hydroxyl groups is 2. The summed E-state index contributed by atoms with van der Waals surface area (Å²) in [5.74, 6) is -0.873. The molecule has 0 spiro atoms. The Hall–Kier alpha value is -3.92. The van der Waals surface area contributed by atoms with Gasteiger partial charge in [-0.25, -0.2) is 9.55 Å². The van der Waals surface area contributed by atoms with Gasteiger partial charge in [-0.1, -0.05) is 6.07 Å². The monoisotopic (exact) mass is 588 g/mol. The van der Waals surface area contributed by atoms with E-state index in [0.717, 1.165) is 0 Å². The summed E-state index contributed by atoms with van der Waals surface area (Å²) in [6, 6.07) is 6.90. The van der Waals surface area contributed by atoms with E-state index in [1.165, 1.54) is 30.8 Å². The van der Waals surface area contributed by atoms with E-state index in [0.29, 0.717) is 22.2 Å². The average Bonchev–Trinajstić information content (AvgIpc) is 3.44. The number of hydrogen-bond donors (Lipinski definition) is 6. The summed E-state index contributed by atoms with van der Waals surface area (Å²) < 4.78 is 32.4. The van der Waals surface area contributed by atoms with Crippen LogP contribution in [0.4, 0.5) is 11.8 Å². The van der Waals surface area contributed by atoms with Crippen LogP contribution in [0.5, 0.6) is 5.75 Å². The SMILES string of the molecule is CNc1nc(N)nc2c1ncn2[C@@H]1O[C@H](COP(=O)(NC(C)C(=O)O)Oc2ccc3ncccc3c2)[C@@H](O)[C@@]1(C)O. The maximum atomic E-state index is 13.8. The third-order valence-electron chi connectivity index (χ3n) is 6.61. The second-order valence-electron chi connectivity index (χ2n) is 9.63. The maximum Gasteiger partial charge on any atom is 0.459 e. The number of nitrogens with zero attached hydrogens (tertiary/aromatic N) is 5. The number of nitrogen functional groups attached to an aromatic ring is 1. The summed E-state index contributed by atoms with van der Waals surface area (Å²) in [5.41, 5.74) is 5.19. The Labute approximate surface area is 233 Å². The van der Waals surface area contributed by atoms with E-state index in [9.17, 15) is 24.7 Å². The van der Waals surface area contributed by atoms with Gasteiger partial charge in [0.15, 0.2) is 23.2 Å². The molecule has 0 radical (unpaired) electrons. The Morgan fingerprint density at radius 3 is 2.83 bits per heavy atom. The molecule has 0 saturated carbocycles. The zero-order valence-electron chi connectivity index (χ0n) is 22.2. The van der Waals surface area contributed by atoms with Crippen molar-refractivity contribution in [1.29, 1.82) is 0 Å². The lowest BCUT2D eigenvalue weighted by Gasteiger charge is -2.27. The van der Waals surface area contributed by atoms with E-state index in [4.69, 9.17) is 19.5 Å². The highest BCUT2D eigenvalue weighted by Gasteiger charge is 2.54. The van der Waals surface area contributed by atoms with Gasteiger partial charge in [-0.2, -0.15) is 15.1 Å². The first-order valence-corrected chi connectivity index (χ1v) is 14.0. The Balaban J connectivity index is 1.39. The Bertz CT molecular complexity index is 1650. The van der Waals surface area contributed by atoms with Crippen LogP contribution in [0, 0.1) is 0 Å². The number of carboxylic acid groups (broad SMARTS) is 1. The smallest absolute Gasteiger partial charge is 0.459 e. The lowest BCUT2D eigenvalue weighted by molar-refractivity contribution is -0.138. The topological polar surface area (TPSA) is 229 Å². The second kappa shape index (κ2) is 10.8. The predicted molar refractivity (Wildman–Crippen MR) is 146 cm³/mol. The molecule has 7 N–H and O–H groups in total. The van der Waals surface area contributed by atoms with Crippen molar-refractivity contribution in [2.45, 2.75) is 43.9 Å². The number of aliphatic carboxylic acids is 1. The van der Waals surface area contributed by atoms with Crippen molar-refractivity contribution >= 4 is 47.5 Å². The van der Waals surface area contributed by atoms with Gasteiger partial charge in [0.1, 0.15) is 29.6 Å². The summed E-state index contributed by atoms with van der Waals surface area (Å²) in [6.07, 6.45) is -1.00. The Morgan fingerprint density at radius 2 is 2.10 bits per heavy atom. The molecule has 4 aromatic rings. The molecule has 218 valence electrons. The van der Waals surface area contributed by atoms with Crippen LogP contribution in [0.2, 0.25) is 0 Å². The van der Waals surface area contributed by atoms with Crippen LogP contribution in [0.25, 0.3) is 22.1 Å². The molecule has 16 nitrogen and oxygen atoms in total. The number of benzene rings is 1. The normalized spacial score (nSPS) is 24.8. The molecule has 0 aliphatic carbocycles. The molecule has 1 fully saturated rings. The first-order chi connectivity index (χ1) is 19.4. The van der Waals surface area contributed by atoms with E-state index in [-0.39, 0.29) is 17.3 Å². The van der Waals surface area contributed by atoms with Gasteiger partial charge in [-0.05, 0) is 38.1 Å². The fourth-order valence-corrected chi connectivity index (χ4v) is 5.96. The zero-order chi connectivity index (χ0) is 29.5. The quantitative estimate of drug-likeness (QED) is 0.143. The first kappa shape index (κ1) is 28.6. The van der Waals surface area contributed by atoms with E-state index in [1.807, 2.05) is 0 Å². The van der Waals surface area contributed by atoms with Crippen molar-refractivity contribution in [3.63, 3.8) is 0 Å². The molecule has 1 aromatic carbocycles. The molecule has 1 aliphatic rings. The van der Waals surface area contributed by atoms with Gasteiger partial charge in [0.25, 0.3) is 0 Å². The van der Waals surface area contributed by atoms with Gasteiger partial charge < -0.3 is 35.6 Å². The van der Waals surface area contributed by atoms with Gasteiger partial charge in [0.2, 0.25) is 5.95 Å². The van der Waals surface area contributed by atoms with Crippen LogP contribution in [-0.4, -0.2) is 83.3 Å². The van der Waals surface area contributed by atoms with Gasteiger partial charge in [0.05, 0.1) is 18.5 Å². The predicted octanol–water partition coefficient (Wildman–Crippen LogP) is 1.27. The van der Waals surface area contributed by atoms with Crippen molar-refractivity contribution in [2.24, 2.45) is 0 Å². The van der Waals surface area contributed by atoms with Gasteiger partial charge in [-0.3, -0.25) is 18.9 Å². The summed E-state index contributed by atoms with van der Waals surface area (Å²) in [6.45, 7) is 2.07. The third-order valence-corrected chi connectivity index (χ3v) is 8.26. The van der Waals surface area contributed by atoms with Crippen LogP contribution in [0.1, 0.15) is 20.1 Å². The van der Waals surface area contributed by atoms with E-state index in [1.54, 1.807) is 37.5 Å². The number of nitrogens with two attached hydrogens (primary N) is 1. The zero-order valence-corrected chi connectivity index (χ0v) is 23.1. The molecule has 17 heteroatoms. The lowest BCUT2D eigenvalue weighted by atomic mass is 9.96. The first-order valence-electron chi connectivity index (χ1n) is 12.4. The van der Waals surface area contributed by atoms with E-state index >= 15 is 0 Å². The molecule has 2 unspecified atom stereocenters. The lowest BCUT2D eigenvalue weighted by Crippen LogP contribution is -2.44. The number of nitrogens with one attached hydrogen (secondary N) is 2. The number of fused-ring (bicyclic) bond motifs is 2. The number of carbonyl (C=O) groups is 1. The number of anilines is 2. The molecule has 0 amide bonds. The molecule has 0 bridgehead atoms. The van der Waals surface area contributed by atoms with Gasteiger partial charge in [0, 0.05) is 18.6 Å². The molecule has 6 atom stereocenters. The van der Waals surface area contributed by atoms with Gasteiger partial charge >= 0.3 is 13.7 Å². The number of hydrogen-bond acceptors (Lipinski definition) is 13. The minimum absolute atomic E-state index is 0.0529. The van der Waals surface area contributed by atoms with Crippen molar-refractivity contribution in [2.75, 3.05) is 24.7 Å². The fourth-order valence-electron chi connectivity index (χ4n) is 4.46. The molecular formula is C24H29N8O8P. The largest absolute Gasteiger partial charge is 0.480 e. The van der Waals surface area contributed by atoms with E-state index < -0.39 is 50.4 Å². The minimum Gasteiger partial charge on any atom is -0.480 e. The van der Waals surface area contributed by atoms with Crippen molar-refractivity contribution in [3.05, 3.63) is 42.9 Å². The number of pyridine rings is 1. The molecule has 5 rings (SSSR count). The van der Waals surface area contributed by atoms with E-state index in [2.05, 4.69) is 30.3 Å². The molecule has 3 aromatic heterocycles. The summed E-state index contributed by atoms with van der Waals surface area (Å²) in [7, 11) is -2.74. The number of imidazole rings is 1. The van der Waals surface area contributed by atoms with Crippen molar-refractivity contribution in [3.8, 4) is 5.75 Å². The summed E-state index contributed by atoms with van der Waals surface area (Å²) >= 11 is 0. The molecule has 1 saturated heterocycles. The van der Waals surface area contributed by atoms with Crippen molar-refractivity contribution in [1.82, 2.24) is 29.6 Å². The highest BCUT2D eigenvalue weighted by molar-refractivity contribution is 7.52. The Kier molecular flexibility index (Phi) is 7.54. The minimum atomic E-state index is -4.37. The van der Waals surface area contributed by atoms with Crippen LogP contribution >= 0.6 is 7.75 Å². The van der Waals surface area contributed by atoms with Crippen molar-refractivity contribution < 1.29 is 38.5 Å². The number of ether oxygens (including phenoxy) is 1. The molecule has 1 aliphatic heterocycles. The molecule has 4 heterocycles. The van der Waals surface area contributed by atoms with Gasteiger partial charge in [-0.15, -0.1) is 0 Å². The number of rotatable bonds is 10. The fraction of sp³-hybridized carbons (Fsp3) is 0.375. The van der Waals surface area contributed by atoms with Crippen LogP contribution in [-0.2, 0) is 18.6 Å². The van der Waals surface area contributed by atoms with Crippen LogP contribution in [0.15, 0.2) is 42.9 Å². The number of aromatic nitrogens is 5. The number of aliphatic hydroxyl groups excluding tert-OH is 1. The molecular weight excluding hydrogens is 559 g/mol. The highest BCUT2D eigenvalue weighted by Crippen LogP contribution is 2.47. The Morgan fingerprint density at radius 1 is 1.32 bits per heavy atom. The molecule has 41 heavy (non-hydrogen) atoms. The highest BCUT2D eigenvalue weighted by atomic mass is 31.2. The summed E-state index contributed by atoms with van der Waals surface area (Å²) in [5, 5.41) is 37.5. The second-order valence-corrected chi connectivity index (χ2v) is 11.3. The van der Waals surface area contributed by atoms with Crippen LogP contribution in [0.3, 0.4) is 0 Å². The number of carboxylic acids is 1. The van der Waals surface area contributed by atoms with Crippen LogP contribution < -0.4 is 20.7 Å². The maximum absolute atomic E-state index is 13.8. The third kappa shape index (κ3) is 5.53. The summed E-state index contributed by atoms with van der Waals surface area (Å²) in [4.78, 5) is 28.3. The average molecular weight is 589 g/mol.